The van der Waals surface area contributed by atoms with Gasteiger partial charge in [0, 0.05) is 24.4 Å². The van der Waals surface area contributed by atoms with E-state index in [0.717, 1.165) is 5.56 Å². The minimum Gasteiger partial charge on any atom is -0.497 e. The molecule has 6 rings (SSSR count). The third kappa shape index (κ3) is 1.80. The highest BCUT2D eigenvalue weighted by molar-refractivity contribution is 6.08. The molecule has 8 heteroatoms. The second-order valence-corrected chi connectivity index (χ2v) is 8.04. The molecule has 5 aliphatic heterocycles. The summed E-state index contributed by atoms with van der Waals surface area (Å²) in [6, 6.07) is 5.29. The van der Waals surface area contributed by atoms with E-state index in [4.69, 9.17) is 14.3 Å². The SMILES string of the molecule is CCC(=O)[C@]12N[C@H]3C[C@@]4(C(=O)N(OC)c5cc(OC)ccc54)[C@H](OC[C@H]31)[C@H]2O. The zero-order valence-electron chi connectivity index (χ0n) is 16.1. The maximum atomic E-state index is 13.6. The highest BCUT2D eigenvalue weighted by atomic mass is 16.7. The van der Waals surface area contributed by atoms with Crippen LogP contribution in [0.25, 0.3) is 0 Å². The van der Waals surface area contributed by atoms with Gasteiger partial charge in [0.25, 0.3) is 5.91 Å². The molecule has 1 amide bonds. The number of rotatable bonds is 4. The number of nitrogens with one attached hydrogen (secondary N) is 1. The van der Waals surface area contributed by atoms with Gasteiger partial charge in [0.15, 0.2) is 5.78 Å². The fourth-order valence-electron chi connectivity index (χ4n) is 5.88. The quantitative estimate of drug-likeness (QED) is 0.766. The van der Waals surface area contributed by atoms with E-state index in [2.05, 4.69) is 5.32 Å². The summed E-state index contributed by atoms with van der Waals surface area (Å²) < 4.78 is 11.4. The number of hydroxylamine groups is 1. The van der Waals surface area contributed by atoms with Crippen LogP contribution in [-0.4, -0.2) is 61.4 Å². The van der Waals surface area contributed by atoms with Gasteiger partial charge in [-0.1, -0.05) is 13.0 Å². The number of ketones is 1. The standard InChI is InChI=1S/C20H24N2O6/c1-4-15(23)20-12-9-28-17(16(20)24)19(8-13(12)21-20)11-6-5-10(26-2)7-14(11)22(27-3)18(19)25/h5-7,12-13,16-17,21,24H,4,8-9H2,1-3H3/t12-,13+,16-,17-,19+,20-/m1/s1. The molecular formula is C20H24N2O6. The molecule has 1 aromatic carbocycles. The van der Waals surface area contributed by atoms with Crippen LogP contribution in [0.2, 0.25) is 0 Å². The van der Waals surface area contributed by atoms with Gasteiger partial charge < -0.3 is 14.6 Å². The van der Waals surface area contributed by atoms with E-state index in [1.54, 1.807) is 26.2 Å². The van der Waals surface area contributed by atoms with Gasteiger partial charge in [-0.05, 0) is 18.1 Å². The number of Topliss-reactive ketones (excluding diaryl/α,β-unsaturated/α-hetero) is 1. The Kier molecular flexibility index (Phi) is 3.71. The number of methoxy groups -OCH3 is 1. The molecule has 0 aliphatic carbocycles. The van der Waals surface area contributed by atoms with Crippen LogP contribution in [0, 0.1) is 5.92 Å². The van der Waals surface area contributed by atoms with E-state index in [1.807, 2.05) is 6.07 Å². The Hall–Kier alpha value is -2.00. The van der Waals surface area contributed by atoms with E-state index in [1.165, 1.54) is 12.2 Å². The van der Waals surface area contributed by atoms with Crippen molar-refractivity contribution in [1.82, 2.24) is 5.32 Å². The Labute approximate surface area is 162 Å². The smallest absolute Gasteiger partial charge is 0.264 e. The van der Waals surface area contributed by atoms with Crippen molar-refractivity contribution >= 4 is 17.4 Å². The summed E-state index contributed by atoms with van der Waals surface area (Å²) >= 11 is 0. The van der Waals surface area contributed by atoms with Crippen molar-refractivity contribution in [1.29, 1.82) is 0 Å². The summed E-state index contributed by atoms with van der Waals surface area (Å²) in [5.74, 6) is 0.147. The zero-order chi connectivity index (χ0) is 19.8. The van der Waals surface area contributed by atoms with Crippen molar-refractivity contribution in [2.45, 2.75) is 49.0 Å². The number of ether oxygens (including phenoxy) is 2. The maximum absolute atomic E-state index is 13.6. The lowest BCUT2D eigenvalue weighted by Crippen LogP contribution is -2.82. The number of hydrogen-bond acceptors (Lipinski definition) is 7. The first-order valence-electron chi connectivity index (χ1n) is 9.63. The first kappa shape index (κ1) is 18.1. The van der Waals surface area contributed by atoms with Crippen molar-refractivity contribution in [3.8, 4) is 5.75 Å². The molecule has 28 heavy (non-hydrogen) atoms. The predicted octanol–water partition coefficient (Wildman–Crippen LogP) is 0.310. The third-order valence-corrected chi connectivity index (χ3v) is 7.17. The number of aliphatic hydroxyl groups excluding tert-OH is 1. The molecule has 0 radical (unpaired) electrons. The van der Waals surface area contributed by atoms with E-state index >= 15 is 0 Å². The van der Waals surface area contributed by atoms with Crippen LogP contribution in [0.3, 0.4) is 0 Å². The monoisotopic (exact) mass is 388 g/mol. The molecule has 0 aromatic heterocycles. The van der Waals surface area contributed by atoms with Gasteiger partial charge >= 0.3 is 0 Å². The lowest BCUT2D eigenvalue weighted by molar-refractivity contribution is -0.197. The van der Waals surface area contributed by atoms with Crippen molar-refractivity contribution in [2.75, 3.05) is 25.9 Å². The van der Waals surface area contributed by atoms with E-state index in [-0.39, 0.29) is 23.7 Å². The molecule has 8 nitrogen and oxygen atoms in total. The van der Waals surface area contributed by atoms with Crippen molar-refractivity contribution < 1.29 is 29.0 Å². The Balaban J connectivity index is 1.70. The molecule has 150 valence electrons. The number of benzene rings is 1. The van der Waals surface area contributed by atoms with Crippen molar-refractivity contribution in [3.63, 3.8) is 0 Å². The Bertz CT molecular complexity index is 874. The summed E-state index contributed by atoms with van der Waals surface area (Å²) in [6.45, 7) is 2.14. The van der Waals surface area contributed by atoms with Gasteiger partial charge in [0.05, 0.1) is 26.5 Å². The molecule has 4 bridgehead atoms. The number of aliphatic hydroxyl groups is 1. The number of hydrogen-bond donors (Lipinski definition) is 2. The number of carbonyl (C=O) groups excluding carboxylic acids is 2. The van der Waals surface area contributed by atoms with E-state index < -0.39 is 23.2 Å². The van der Waals surface area contributed by atoms with E-state index in [0.29, 0.717) is 30.9 Å². The van der Waals surface area contributed by atoms with Gasteiger partial charge in [0.2, 0.25) is 0 Å². The predicted molar refractivity (Wildman–Crippen MR) is 98.0 cm³/mol. The number of amides is 1. The molecule has 2 N–H and O–H groups in total. The molecule has 1 spiro atoms. The molecule has 6 atom stereocenters. The Morgan fingerprint density at radius 2 is 2.21 bits per heavy atom. The zero-order valence-corrected chi connectivity index (χ0v) is 16.1. The molecule has 5 heterocycles. The largest absolute Gasteiger partial charge is 0.497 e. The third-order valence-electron chi connectivity index (χ3n) is 7.17. The van der Waals surface area contributed by atoms with Crippen molar-refractivity contribution in [3.05, 3.63) is 23.8 Å². The van der Waals surface area contributed by atoms with Gasteiger partial charge in [-0.2, -0.15) is 5.06 Å². The first-order chi connectivity index (χ1) is 13.4. The molecule has 4 saturated heterocycles. The highest BCUT2D eigenvalue weighted by Crippen LogP contribution is 2.59. The molecule has 0 saturated carbocycles. The summed E-state index contributed by atoms with van der Waals surface area (Å²) in [6.07, 6.45) is -1.19. The van der Waals surface area contributed by atoms with Crippen LogP contribution in [0.4, 0.5) is 5.69 Å². The van der Waals surface area contributed by atoms with Gasteiger partial charge in [-0.25, -0.2) is 0 Å². The first-order valence-corrected chi connectivity index (χ1v) is 9.63. The Morgan fingerprint density at radius 1 is 1.43 bits per heavy atom. The fraction of sp³-hybridized carbons (Fsp3) is 0.600. The molecule has 0 unspecified atom stereocenters. The second-order valence-electron chi connectivity index (χ2n) is 8.04. The number of fused-ring (bicyclic) bond motifs is 2. The normalized spacial score (nSPS) is 40.3. The summed E-state index contributed by atoms with van der Waals surface area (Å²) in [7, 11) is 3.00. The lowest BCUT2D eigenvalue weighted by Gasteiger charge is -2.58. The average Bonchev–Trinajstić information content (AvgIpc) is 2.79. The van der Waals surface area contributed by atoms with E-state index in [9.17, 15) is 14.7 Å². The summed E-state index contributed by atoms with van der Waals surface area (Å²) in [5.41, 5.74) is -0.825. The van der Waals surface area contributed by atoms with Gasteiger partial charge in [0.1, 0.15) is 28.9 Å². The Morgan fingerprint density at radius 3 is 2.89 bits per heavy atom. The fourth-order valence-corrected chi connectivity index (χ4v) is 5.88. The minimum absolute atomic E-state index is 0.0319. The minimum atomic E-state index is -1.12. The van der Waals surface area contributed by atoms with Crippen LogP contribution in [0.1, 0.15) is 25.3 Å². The van der Waals surface area contributed by atoms with Crippen LogP contribution in [0.5, 0.6) is 5.75 Å². The molecule has 1 aromatic rings. The number of carbonyl (C=O) groups is 2. The second kappa shape index (κ2) is 5.76. The van der Waals surface area contributed by atoms with Gasteiger partial charge in [-0.15, -0.1) is 0 Å². The number of nitrogens with zero attached hydrogens (tertiary/aromatic N) is 1. The van der Waals surface area contributed by atoms with Crippen LogP contribution < -0.4 is 15.1 Å². The summed E-state index contributed by atoms with van der Waals surface area (Å²) in [4.78, 5) is 31.8. The van der Waals surface area contributed by atoms with Crippen molar-refractivity contribution in [2.24, 2.45) is 5.92 Å². The molecule has 5 aliphatic rings. The van der Waals surface area contributed by atoms with Crippen LogP contribution >= 0.6 is 0 Å². The van der Waals surface area contributed by atoms with Crippen LogP contribution in [0.15, 0.2) is 18.2 Å². The maximum Gasteiger partial charge on any atom is 0.264 e. The van der Waals surface area contributed by atoms with Crippen LogP contribution in [-0.2, 0) is 24.6 Å². The molecular weight excluding hydrogens is 364 g/mol. The van der Waals surface area contributed by atoms with Gasteiger partial charge in [-0.3, -0.25) is 19.7 Å². The lowest BCUT2D eigenvalue weighted by atomic mass is 9.64. The average molecular weight is 388 g/mol. The number of anilines is 1. The summed E-state index contributed by atoms with van der Waals surface area (Å²) in [5, 5.41) is 15.9. The molecule has 4 fully saturated rings. The highest BCUT2D eigenvalue weighted by Gasteiger charge is 2.75. The topological polar surface area (TPSA) is 97.3 Å².